The zero-order valence-electron chi connectivity index (χ0n) is 23.4. The Labute approximate surface area is 239 Å². The maximum atomic E-state index is 15.4. The van der Waals surface area contributed by atoms with Crippen LogP contribution in [0.25, 0.3) is 0 Å². The number of nitrogens with zero attached hydrogens (tertiary/aromatic N) is 2. The Balaban J connectivity index is 0.00000533. The van der Waals surface area contributed by atoms with Gasteiger partial charge in [0.05, 0.1) is 31.0 Å². The van der Waals surface area contributed by atoms with Crippen molar-refractivity contribution in [1.82, 2.24) is 4.90 Å². The van der Waals surface area contributed by atoms with E-state index < -0.39 is 23.8 Å². The molecule has 1 heterocycles. The van der Waals surface area contributed by atoms with Gasteiger partial charge in [0.1, 0.15) is 11.6 Å². The molecule has 11 heteroatoms. The van der Waals surface area contributed by atoms with Gasteiger partial charge in [-0.2, -0.15) is 0 Å². The van der Waals surface area contributed by atoms with Crippen LogP contribution < -0.4 is 19.1 Å². The summed E-state index contributed by atoms with van der Waals surface area (Å²) in [5.41, 5.74) is 1.83. The number of aliphatic carboxylic acids is 1. The number of hydrogen-bond donors (Lipinski definition) is 2. The molecule has 0 amide bonds. The number of carbonyl (C=O) groups is 2. The summed E-state index contributed by atoms with van der Waals surface area (Å²) in [4.78, 5) is 28.0. The number of carbonyl (C=O) groups excluding carboxylic acids is 1. The number of anilines is 1. The molecule has 1 aliphatic rings. The standard InChI is InChI=1S/C28H36FN3O6.BrH/c1-8-36-21-12-17-13-32(27(30)23(17)24(29)26(21)37-9-2)14-20(33)16-10-18(28(3,4)5)25(38-15-22(34)35)19(11-16)31(6)7;/h10-12,30H,8-9,13-15H2,1-7H3,(H,34,35);1H. The molecule has 0 aromatic heterocycles. The van der Waals surface area contributed by atoms with Gasteiger partial charge >= 0.3 is 5.97 Å². The molecule has 9 nitrogen and oxygen atoms in total. The monoisotopic (exact) mass is 609 g/mol. The minimum atomic E-state index is -1.10. The molecule has 0 spiro atoms. The van der Waals surface area contributed by atoms with Crippen molar-refractivity contribution in [1.29, 1.82) is 5.41 Å². The Morgan fingerprint density at radius 2 is 1.72 bits per heavy atom. The van der Waals surface area contributed by atoms with Crippen LogP contribution in [0.15, 0.2) is 18.2 Å². The van der Waals surface area contributed by atoms with Gasteiger partial charge in [-0.25, -0.2) is 9.18 Å². The molecule has 0 aliphatic carbocycles. The number of ketones is 1. The largest absolute Gasteiger partial charge is 0.490 e. The number of carboxylic acid groups (broad SMARTS) is 1. The first-order valence-electron chi connectivity index (χ1n) is 12.5. The van der Waals surface area contributed by atoms with Crippen molar-refractivity contribution in [2.24, 2.45) is 0 Å². The average molecular weight is 611 g/mol. The second-order valence-corrected chi connectivity index (χ2v) is 10.2. The zero-order valence-corrected chi connectivity index (χ0v) is 25.1. The average Bonchev–Trinajstić information content (AvgIpc) is 3.13. The van der Waals surface area contributed by atoms with Crippen molar-refractivity contribution < 1.29 is 33.3 Å². The van der Waals surface area contributed by atoms with Crippen LogP contribution in [0.2, 0.25) is 0 Å². The Kier molecular flexibility index (Phi) is 10.4. The van der Waals surface area contributed by atoms with Gasteiger partial charge in [0.15, 0.2) is 29.7 Å². The van der Waals surface area contributed by atoms with Crippen molar-refractivity contribution in [2.45, 2.75) is 46.6 Å². The number of hydrogen-bond acceptors (Lipinski definition) is 7. The highest BCUT2D eigenvalue weighted by atomic mass is 79.9. The van der Waals surface area contributed by atoms with Gasteiger partial charge in [0.2, 0.25) is 0 Å². The number of amidine groups is 1. The van der Waals surface area contributed by atoms with Crippen LogP contribution in [0.5, 0.6) is 17.2 Å². The number of ether oxygens (including phenoxy) is 3. The highest BCUT2D eigenvalue weighted by Gasteiger charge is 2.34. The Morgan fingerprint density at radius 3 is 2.26 bits per heavy atom. The van der Waals surface area contributed by atoms with Crippen molar-refractivity contribution in [3.63, 3.8) is 0 Å². The second kappa shape index (κ2) is 12.7. The van der Waals surface area contributed by atoms with E-state index in [2.05, 4.69) is 0 Å². The first kappa shape index (κ1) is 31.9. The number of halogens is 2. The molecule has 0 saturated heterocycles. The molecule has 0 radical (unpaired) electrons. The molecule has 2 aromatic carbocycles. The molecule has 214 valence electrons. The lowest BCUT2D eigenvalue weighted by Gasteiger charge is -2.28. The summed E-state index contributed by atoms with van der Waals surface area (Å²) in [5.74, 6) is -1.50. The number of carboxylic acids is 1. The van der Waals surface area contributed by atoms with Gasteiger partial charge in [0.25, 0.3) is 0 Å². The van der Waals surface area contributed by atoms with Gasteiger partial charge < -0.3 is 29.1 Å². The second-order valence-electron chi connectivity index (χ2n) is 10.2. The van der Waals surface area contributed by atoms with E-state index in [1.165, 1.54) is 4.90 Å². The molecule has 0 unspecified atom stereocenters. The van der Waals surface area contributed by atoms with Crippen molar-refractivity contribution in [3.8, 4) is 17.2 Å². The third-order valence-electron chi connectivity index (χ3n) is 6.13. The minimum absolute atomic E-state index is 0. The van der Waals surface area contributed by atoms with Gasteiger partial charge in [-0.05, 0) is 43.0 Å². The van der Waals surface area contributed by atoms with Crippen LogP contribution in [0.4, 0.5) is 10.1 Å². The van der Waals surface area contributed by atoms with Crippen molar-refractivity contribution >= 4 is 40.3 Å². The number of fused-ring (bicyclic) bond motifs is 1. The lowest BCUT2D eigenvalue weighted by Crippen LogP contribution is -2.31. The third-order valence-corrected chi connectivity index (χ3v) is 6.13. The first-order chi connectivity index (χ1) is 17.8. The summed E-state index contributed by atoms with van der Waals surface area (Å²) >= 11 is 0. The summed E-state index contributed by atoms with van der Waals surface area (Å²) < 4.78 is 32.1. The highest BCUT2D eigenvalue weighted by Crippen LogP contribution is 2.41. The third kappa shape index (κ3) is 6.81. The Hall–Kier alpha value is -3.34. The molecule has 2 aromatic rings. The summed E-state index contributed by atoms with van der Waals surface area (Å²) in [6.45, 7) is 9.46. The van der Waals surface area contributed by atoms with E-state index >= 15 is 4.39 Å². The topological polar surface area (TPSA) is 112 Å². The Morgan fingerprint density at radius 1 is 1.08 bits per heavy atom. The molecule has 1 aliphatic heterocycles. The lowest BCUT2D eigenvalue weighted by atomic mass is 9.84. The van der Waals surface area contributed by atoms with E-state index in [0.717, 1.165) is 0 Å². The maximum Gasteiger partial charge on any atom is 0.341 e. The predicted molar refractivity (Wildman–Crippen MR) is 153 cm³/mol. The van der Waals surface area contributed by atoms with Crippen LogP contribution in [-0.2, 0) is 16.8 Å². The summed E-state index contributed by atoms with van der Waals surface area (Å²) in [5, 5.41) is 17.8. The van der Waals surface area contributed by atoms with Crippen LogP contribution in [0.3, 0.4) is 0 Å². The fourth-order valence-corrected chi connectivity index (χ4v) is 4.37. The molecule has 2 N–H and O–H groups in total. The SMILES string of the molecule is Br.CCOc1cc2c(c(F)c1OCC)C(=N)N(CC(=O)c1cc(N(C)C)c(OCC(=O)O)c(C(C)(C)C)c1)C2. The summed E-state index contributed by atoms with van der Waals surface area (Å²) in [6.07, 6.45) is 0. The van der Waals surface area contributed by atoms with E-state index in [0.29, 0.717) is 34.7 Å². The molecule has 39 heavy (non-hydrogen) atoms. The van der Waals surface area contributed by atoms with E-state index in [1.807, 2.05) is 20.8 Å². The first-order valence-corrected chi connectivity index (χ1v) is 12.5. The maximum absolute atomic E-state index is 15.4. The van der Waals surface area contributed by atoms with Crippen molar-refractivity contribution in [3.05, 3.63) is 46.3 Å². The normalized spacial score (nSPS) is 12.5. The van der Waals surface area contributed by atoms with Crippen LogP contribution in [0, 0.1) is 11.2 Å². The van der Waals surface area contributed by atoms with E-state index in [-0.39, 0.29) is 65.4 Å². The number of rotatable bonds is 11. The van der Waals surface area contributed by atoms with E-state index in [9.17, 15) is 9.59 Å². The molecule has 3 rings (SSSR count). The van der Waals surface area contributed by atoms with E-state index in [1.54, 1.807) is 51.0 Å². The molecule has 0 atom stereocenters. The Bertz CT molecular complexity index is 1260. The van der Waals surface area contributed by atoms with Gasteiger partial charge in [-0.15, -0.1) is 17.0 Å². The predicted octanol–water partition coefficient (Wildman–Crippen LogP) is 5.05. The number of benzene rings is 2. The molecular formula is C28H37BrFN3O6. The van der Waals surface area contributed by atoms with Gasteiger partial charge in [0, 0.05) is 31.8 Å². The number of Topliss-reactive ketones (excluding diaryl/α,β-unsaturated/α-hetero) is 1. The fourth-order valence-electron chi connectivity index (χ4n) is 4.37. The van der Waals surface area contributed by atoms with Crippen molar-refractivity contribution in [2.75, 3.05) is 45.4 Å². The van der Waals surface area contributed by atoms with Crippen LogP contribution in [0.1, 0.15) is 61.7 Å². The zero-order chi connectivity index (χ0) is 28.4. The molecule has 0 fully saturated rings. The van der Waals surface area contributed by atoms with Crippen LogP contribution in [-0.4, -0.2) is 68.1 Å². The molecule has 0 saturated carbocycles. The number of nitrogens with one attached hydrogen (secondary N) is 1. The highest BCUT2D eigenvalue weighted by molar-refractivity contribution is 8.93. The fraction of sp³-hybridized carbons (Fsp3) is 0.464. The van der Waals surface area contributed by atoms with Crippen LogP contribution >= 0.6 is 17.0 Å². The summed E-state index contributed by atoms with van der Waals surface area (Å²) in [6, 6.07) is 5.03. The van der Waals surface area contributed by atoms with Gasteiger partial charge in [-0.3, -0.25) is 10.2 Å². The lowest BCUT2D eigenvalue weighted by molar-refractivity contribution is -0.139. The summed E-state index contributed by atoms with van der Waals surface area (Å²) in [7, 11) is 3.57. The van der Waals surface area contributed by atoms with Gasteiger partial charge in [-0.1, -0.05) is 20.8 Å². The smallest absolute Gasteiger partial charge is 0.341 e. The minimum Gasteiger partial charge on any atom is -0.490 e. The molecule has 0 bridgehead atoms. The molecular weight excluding hydrogens is 573 g/mol. The quantitative estimate of drug-likeness (QED) is 0.340. The van der Waals surface area contributed by atoms with E-state index in [4.69, 9.17) is 24.7 Å².